The van der Waals surface area contributed by atoms with E-state index in [1.165, 1.54) is 0 Å². The Morgan fingerprint density at radius 3 is 2.71 bits per heavy atom. The normalized spacial score (nSPS) is 12.0. The molecule has 2 N–H and O–H groups in total. The first kappa shape index (κ1) is 6.12. The molecule has 0 aliphatic rings. The van der Waals surface area contributed by atoms with Crippen LogP contribution in [0.25, 0.3) is 0 Å². The van der Waals surface area contributed by atoms with Crippen molar-refractivity contribution in [2.45, 2.75) is 12.5 Å². The number of hydrogen-bond donors (Lipinski definition) is 2. The summed E-state index contributed by atoms with van der Waals surface area (Å²) >= 11 is 0. The van der Waals surface area contributed by atoms with E-state index in [1.54, 1.807) is 6.07 Å². The fraction of sp³-hybridized carbons (Fsp3) is 0.500. The minimum atomic E-state index is -0.988. The fourth-order valence-electron chi connectivity index (χ4n) is 0.164. The van der Waals surface area contributed by atoms with Crippen molar-refractivity contribution in [2.75, 3.05) is 0 Å². The second-order valence-corrected chi connectivity index (χ2v) is 1.08. The summed E-state index contributed by atoms with van der Waals surface area (Å²) in [4.78, 5) is 0. The lowest BCUT2D eigenvalue weighted by atomic mass is 10.3. The maximum atomic E-state index is 8.35. The summed E-state index contributed by atoms with van der Waals surface area (Å²) in [5.74, 6) is 0. The number of aliphatic hydroxyl groups is 1. The van der Waals surface area contributed by atoms with Gasteiger partial charge in [0.1, 0.15) is 6.10 Å². The average Bonchev–Trinajstić information content (AvgIpc) is 1.68. The summed E-state index contributed by atoms with van der Waals surface area (Å²) in [5.41, 5.74) is 0. The number of nitrogens with one attached hydrogen (secondary N) is 1. The molecule has 0 spiro atoms. The summed E-state index contributed by atoms with van der Waals surface area (Å²) in [7, 11) is 0. The molecule has 0 fully saturated rings. The van der Waals surface area contributed by atoms with Crippen LogP contribution in [0.3, 0.4) is 0 Å². The van der Waals surface area contributed by atoms with Gasteiger partial charge < -0.3 is 10.5 Å². The monoisotopic (exact) mass is 98.0 g/mol. The first-order chi connectivity index (χ1) is 3.31. The Morgan fingerprint density at radius 1 is 2.00 bits per heavy atom. The van der Waals surface area contributed by atoms with Crippen molar-refractivity contribution in [1.82, 2.24) is 0 Å². The molecule has 0 heterocycles. The highest BCUT2D eigenvalue weighted by Gasteiger charge is 1.93. The van der Waals surface area contributed by atoms with E-state index in [2.05, 4.69) is 0 Å². The number of nitrogens with zero attached hydrogens (tertiary/aromatic N) is 1. The molecule has 0 radical (unpaired) electrons. The van der Waals surface area contributed by atoms with Crippen LogP contribution in [0.5, 0.6) is 0 Å². The quantitative estimate of drug-likeness (QED) is 0.374. The van der Waals surface area contributed by atoms with Gasteiger partial charge >= 0.3 is 0 Å². The number of hydrogen-bond acceptors (Lipinski definition) is 3. The number of nitriles is 1. The van der Waals surface area contributed by atoms with Crippen LogP contribution in [-0.4, -0.2) is 17.4 Å². The van der Waals surface area contributed by atoms with E-state index >= 15 is 0 Å². The second-order valence-electron chi connectivity index (χ2n) is 1.08. The molecule has 0 unspecified atom stereocenters. The predicted octanol–water partition coefficient (Wildman–Crippen LogP) is -0.0894. The molecule has 38 valence electrons. The van der Waals surface area contributed by atoms with Gasteiger partial charge in [-0.25, -0.2) is 0 Å². The van der Waals surface area contributed by atoms with Gasteiger partial charge in [-0.1, -0.05) is 0 Å². The predicted molar refractivity (Wildman–Crippen MR) is 25.0 cm³/mol. The topological polar surface area (TPSA) is 67.9 Å². The minimum Gasteiger partial charge on any atom is -0.378 e. The molecule has 0 aromatic carbocycles. The van der Waals surface area contributed by atoms with Gasteiger partial charge in [0.25, 0.3) is 0 Å². The Balaban J connectivity index is 3.21. The van der Waals surface area contributed by atoms with Crippen LogP contribution in [0.4, 0.5) is 0 Å². The highest BCUT2D eigenvalue weighted by molar-refractivity contribution is 5.54. The Bertz CT molecular complexity index is 94.4. The summed E-state index contributed by atoms with van der Waals surface area (Å²) in [5, 5.41) is 22.6. The number of aliphatic hydroxyl groups excluding tert-OH is 1. The van der Waals surface area contributed by atoms with Crippen molar-refractivity contribution in [2.24, 2.45) is 0 Å². The molecule has 0 aromatic rings. The lowest BCUT2D eigenvalue weighted by Gasteiger charge is -1.88. The molecule has 0 saturated heterocycles. The molecule has 3 nitrogen and oxygen atoms in total. The average molecular weight is 98.1 g/mol. The van der Waals surface area contributed by atoms with Crippen LogP contribution in [0.15, 0.2) is 0 Å². The third-order valence-corrected chi connectivity index (χ3v) is 0.490. The van der Waals surface area contributed by atoms with E-state index < -0.39 is 6.10 Å². The first-order valence-corrected chi connectivity index (χ1v) is 1.88. The molecule has 7 heavy (non-hydrogen) atoms. The molecule has 0 bridgehead atoms. The zero-order valence-corrected chi connectivity index (χ0v) is 3.76. The third kappa shape index (κ3) is 2.94. The zero-order chi connectivity index (χ0) is 5.70. The molecule has 3 heteroatoms. The van der Waals surface area contributed by atoms with E-state index in [0.29, 0.717) is 0 Å². The van der Waals surface area contributed by atoms with Crippen molar-refractivity contribution >= 4 is 6.21 Å². The van der Waals surface area contributed by atoms with E-state index in [4.69, 9.17) is 15.8 Å². The minimum absolute atomic E-state index is 0.135. The van der Waals surface area contributed by atoms with Crippen molar-refractivity contribution in [3.05, 3.63) is 0 Å². The van der Waals surface area contributed by atoms with Gasteiger partial charge in [0, 0.05) is 6.42 Å². The Kier molecular flexibility index (Phi) is 2.90. The zero-order valence-electron chi connectivity index (χ0n) is 3.76. The van der Waals surface area contributed by atoms with Crippen LogP contribution < -0.4 is 0 Å². The molecule has 0 aliphatic carbocycles. The smallest absolute Gasteiger partial charge is 0.145 e. The van der Waals surface area contributed by atoms with Gasteiger partial charge in [-0.2, -0.15) is 5.26 Å². The van der Waals surface area contributed by atoms with Gasteiger partial charge in [-0.05, 0) is 6.21 Å². The van der Waals surface area contributed by atoms with E-state index in [9.17, 15) is 0 Å². The summed E-state index contributed by atoms with van der Waals surface area (Å²) in [6, 6.07) is 1.57. The van der Waals surface area contributed by atoms with Crippen LogP contribution >= 0.6 is 0 Å². The maximum absolute atomic E-state index is 8.35. The van der Waals surface area contributed by atoms with Crippen molar-refractivity contribution < 1.29 is 5.11 Å². The Morgan fingerprint density at radius 2 is 2.57 bits per heavy atom. The first-order valence-electron chi connectivity index (χ1n) is 1.88. The van der Waals surface area contributed by atoms with Crippen molar-refractivity contribution in [1.29, 1.82) is 10.7 Å². The van der Waals surface area contributed by atoms with Gasteiger partial charge in [0.2, 0.25) is 0 Å². The fourth-order valence-corrected chi connectivity index (χ4v) is 0.164. The maximum Gasteiger partial charge on any atom is 0.145 e. The van der Waals surface area contributed by atoms with Crippen molar-refractivity contribution in [3.63, 3.8) is 0 Å². The number of rotatable bonds is 2. The van der Waals surface area contributed by atoms with Crippen LogP contribution in [0, 0.1) is 16.7 Å². The lowest BCUT2D eigenvalue weighted by Crippen LogP contribution is -2.01. The molecule has 1 atom stereocenters. The van der Waals surface area contributed by atoms with Crippen molar-refractivity contribution in [3.8, 4) is 6.07 Å². The molecule has 0 amide bonds. The van der Waals surface area contributed by atoms with E-state index in [0.717, 1.165) is 6.21 Å². The molecule has 0 aliphatic heterocycles. The highest BCUT2D eigenvalue weighted by atomic mass is 16.3. The molecule has 0 aromatic heterocycles. The van der Waals surface area contributed by atoms with E-state index in [1.807, 2.05) is 0 Å². The SMILES string of the molecule is N#C[C@H](O)CC=N. The van der Waals surface area contributed by atoms with Crippen LogP contribution in [0.2, 0.25) is 0 Å². The van der Waals surface area contributed by atoms with Gasteiger partial charge in [-0.15, -0.1) is 0 Å². The standard InChI is InChI=1S/C4H6N2O/c5-2-1-4(7)3-6/h2,4-5,7H,1H2/t4-/m1/s1. The van der Waals surface area contributed by atoms with Gasteiger partial charge in [0.15, 0.2) is 0 Å². The highest BCUT2D eigenvalue weighted by Crippen LogP contribution is 1.80. The molecule has 0 saturated carbocycles. The van der Waals surface area contributed by atoms with Crippen LogP contribution in [-0.2, 0) is 0 Å². The molecular weight excluding hydrogens is 92.1 g/mol. The third-order valence-electron chi connectivity index (χ3n) is 0.490. The molecular formula is C4H6N2O. The lowest BCUT2D eigenvalue weighted by molar-refractivity contribution is 0.240. The summed E-state index contributed by atoms with van der Waals surface area (Å²) in [6.07, 6.45) is 0.155. The Labute approximate surface area is 41.7 Å². The Hall–Kier alpha value is -0.880. The largest absolute Gasteiger partial charge is 0.378 e. The van der Waals surface area contributed by atoms with Gasteiger partial charge in [0.05, 0.1) is 6.07 Å². The van der Waals surface area contributed by atoms with Crippen LogP contribution in [0.1, 0.15) is 6.42 Å². The molecule has 0 rings (SSSR count). The second kappa shape index (κ2) is 3.32. The summed E-state index contributed by atoms with van der Waals surface area (Å²) < 4.78 is 0. The van der Waals surface area contributed by atoms with E-state index in [-0.39, 0.29) is 6.42 Å². The summed E-state index contributed by atoms with van der Waals surface area (Å²) in [6.45, 7) is 0. The van der Waals surface area contributed by atoms with Gasteiger partial charge in [-0.3, -0.25) is 0 Å².